The highest BCUT2D eigenvalue weighted by Crippen LogP contribution is 2.19. The number of hydrogen-bond donors (Lipinski definition) is 2. The van der Waals surface area contributed by atoms with Crippen molar-refractivity contribution in [1.82, 2.24) is 15.0 Å². The lowest BCUT2D eigenvalue weighted by Crippen LogP contribution is -1.99. The summed E-state index contributed by atoms with van der Waals surface area (Å²) in [4.78, 5) is 21.9. The van der Waals surface area contributed by atoms with Crippen LogP contribution in [0, 0.1) is 11.8 Å². The van der Waals surface area contributed by atoms with E-state index in [9.17, 15) is 4.79 Å². The van der Waals surface area contributed by atoms with Crippen molar-refractivity contribution in [3.63, 3.8) is 0 Å². The van der Waals surface area contributed by atoms with Crippen LogP contribution in [0.1, 0.15) is 12.5 Å². The molecule has 6 heteroatoms. The first kappa shape index (κ1) is 11.0. The van der Waals surface area contributed by atoms with Crippen molar-refractivity contribution >= 4 is 22.8 Å². The number of nitrogen functional groups attached to an aromatic ring is 1. The van der Waals surface area contributed by atoms with E-state index in [1.807, 2.05) is 0 Å². The third kappa shape index (κ3) is 2.18. The Morgan fingerprint density at radius 3 is 3.18 bits per heavy atom. The fraction of sp³-hybridized carbons (Fsp3) is 0.182. The molecule has 0 saturated heterocycles. The topological polar surface area (TPSA) is 93.9 Å². The van der Waals surface area contributed by atoms with Crippen LogP contribution in [0.3, 0.4) is 0 Å². The molecule has 2 aromatic heterocycles. The van der Waals surface area contributed by atoms with Crippen molar-refractivity contribution in [2.45, 2.75) is 6.92 Å². The molecule has 86 valence electrons. The molecule has 0 unspecified atom stereocenters. The van der Waals surface area contributed by atoms with Gasteiger partial charge in [-0.05, 0) is 6.92 Å². The van der Waals surface area contributed by atoms with Gasteiger partial charge < -0.3 is 15.5 Å². The van der Waals surface area contributed by atoms with Gasteiger partial charge in [0.05, 0.1) is 17.6 Å². The minimum Gasteiger partial charge on any atom is -0.456 e. The first-order valence-electron chi connectivity index (χ1n) is 4.98. The number of nitrogens with two attached hydrogens (primary N) is 1. The van der Waals surface area contributed by atoms with E-state index < -0.39 is 5.97 Å². The number of aromatic amines is 1. The number of fused-ring (bicyclic) bond motifs is 1. The van der Waals surface area contributed by atoms with Gasteiger partial charge in [-0.3, -0.25) is 0 Å². The minimum atomic E-state index is -0.572. The number of anilines is 1. The number of H-pyrrole nitrogens is 1. The van der Waals surface area contributed by atoms with E-state index in [4.69, 9.17) is 10.5 Å². The third-order valence-electron chi connectivity index (χ3n) is 2.07. The average Bonchev–Trinajstić information content (AvgIpc) is 2.71. The zero-order chi connectivity index (χ0) is 12.3. The summed E-state index contributed by atoms with van der Waals surface area (Å²) in [6.07, 6.45) is 2.98. The summed E-state index contributed by atoms with van der Waals surface area (Å²) >= 11 is 0. The molecular weight excluding hydrogens is 220 g/mol. The molecule has 0 aliphatic rings. The van der Waals surface area contributed by atoms with Crippen molar-refractivity contribution < 1.29 is 9.53 Å². The van der Waals surface area contributed by atoms with E-state index in [1.165, 1.54) is 6.33 Å². The van der Waals surface area contributed by atoms with Gasteiger partial charge >= 0.3 is 5.97 Å². The number of carbonyl (C=O) groups is 1. The number of hydrogen-bond acceptors (Lipinski definition) is 5. The zero-order valence-corrected chi connectivity index (χ0v) is 9.15. The molecular formula is C11H10N4O2. The van der Waals surface area contributed by atoms with Gasteiger partial charge in [-0.25, -0.2) is 14.8 Å². The number of nitrogens with zero attached hydrogens (tertiary/aromatic N) is 2. The maximum Gasteiger partial charge on any atom is 0.384 e. The van der Waals surface area contributed by atoms with Crippen LogP contribution >= 0.6 is 0 Å². The fourth-order valence-electron chi connectivity index (χ4n) is 1.37. The smallest absolute Gasteiger partial charge is 0.384 e. The lowest BCUT2D eigenvalue weighted by atomic mass is 10.2. The highest BCUT2D eigenvalue weighted by atomic mass is 16.5. The molecule has 0 amide bonds. The molecule has 0 saturated carbocycles. The van der Waals surface area contributed by atoms with Crippen molar-refractivity contribution in [2.75, 3.05) is 12.3 Å². The highest BCUT2D eigenvalue weighted by molar-refractivity contribution is 5.94. The normalized spacial score (nSPS) is 9.71. The maximum atomic E-state index is 11.1. The van der Waals surface area contributed by atoms with E-state index in [0.29, 0.717) is 29.0 Å². The second kappa shape index (κ2) is 4.53. The summed E-state index contributed by atoms with van der Waals surface area (Å²) in [6, 6.07) is 0. The van der Waals surface area contributed by atoms with Crippen LogP contribution in [-0.4, -0.2) is 27.5 Å². The molecule has 0 spiro atoms. The molecule has 0 bridgehead atoms. The predicted octanol–water partition coefficient (Wildman–Crippen LogP) is 0.455. The second-order valence-corrected chi connectivity index (χ2v) is 3.16. The number of carbonyl (C=O) groups excluding carboxylic acids is 1. The fourth-order valence-corrected chi connectivity index (χ4v) is 1.37. The van der Waals surface area contributed by atoms with Crippen LogP contribution in [0.2, 0.25) is 0 Å². The Kier molecular flexibility index (Phi) is 2.92. The number of nitrogens with one attached hydrogen (secondary N) is 1. The van der Waals surface area contributed by atoms with Crippen LogP contribution in [-0.2, 0) is 9.53 Å². The number of ether oxygens (including phenoxy) is 1. The molecule has 0 radical (unpaired) electrons. The van der Waals surface area contributed by atoms with Crippen molar-refractivity contribution in [2.24, 2.45) is 0 Å². The maximum absolute atomic E-state index is 11.1. The van der Waals surface area contributed by atoms with E-state index in [-0.39, 0.29) is 0 Å². The van der Waals surface area contributed by atoms with E-state index in [0.717, 1.165) is 0 Å². The highest BCUT2D eigenvalue weighted by Gasteiger charge is 2.06. The summed E-state index contributed by atoms with van der Waals surface area (Å²) in [7, 11) is 0. The van der Waals surface area contributed by atoms with Crippen LogP contribution < -0.4 is 5.73 Å². The lowest BCUT2D eigenvalue weighted by Gasteiger charge is -1.94. The summed E-state index contributed by atoms with van der Waals surface area (Å²) in [5, 5.41) is 0.615. The largest absolute Gasteiger partial charge is 0.456 e. The predicted molar refractivity (Wildman–Crippen MR) is 61.8 cm³/mol. The van der Waals surface area contributed by atoms with Gasteiger partial charge in [0.2, 0.25) is 0 Å². The molecule has 0 fully saturated rings. The standard InChI is InChI=1S/C11H10N4O2/c1-2-17-8(16)4-3-7-5-13-11-9(7)10(12)14-6-15-11/h5-6H,2H2,1H3,(H3,12,13,14,15). The average molecular weight is 230 g/mol. The van der Waals surface area contributed by atoms with Crippen molar-refractivity contribution in [3.05, 3.63) is 18.1 Å². The van der Waals surface area contributed by atoms with Crippen LogP contribution in [0.25, 0.3) is 11.0 Å². The molecule has 2 rings (SSSR count). The Bertz CT molecular complexity index is 621. The molecule has 2 heterocycles. The van der Waals surface area contributed by atoms with Crippen LogP contribution in [0.15, 0.2) is 12.5 Å². The Labute approximate surface area is 97.2 Å². The molecule has 2 aromatic rings. The summed E-state index contributed by atoms with van der Waals surface area (Å²) < 4.78 is 4.70. The molecule has 17 heavy (non-hydrogen) atoms. The summed E-state index contributed by atoms with van der Waals surface area (Å²) in [5.74, 6) is 4.79. The zero-order valence-electron chi connectivity index (χ0n) is 9.15. The molecule has 0 aromatic carbocycles. The first-order valence-corrected chi connectivity index (χ1v) is 4.98. The Hall–Kier alpha value is -2.55. The van der Waals surface area contributed by atoms with Gasteiger partial charge in [-0.2, -0.15) is 0 Å². The monoisotopic (exact) mass is 230 g/mol. The van der Waals surface area contributed by atoms with E-state index >= 15 is 0 Å². The van der Waals surface area contributed by atoms with E-state index in [1.54, 1.807) is 13.1 Å². The molecule has 6 nitrogen and oxygen atoms in total. The number of rotatable bonds is 1. The summed E-state index contributed by atoms with van der Waals surface area (Å²) in [5.41, 5.74) is 6.88. The van der Waals surface area contributed by atoms with Crippen molar-refractivity contribution in [1.29, 1.82) is 0 Å². The van der Waals surface area contributed by atoms with E-state index in [2.05, 4.69) is 26.8 Å². The number of esters is 1. The Balaban J connectivity index is 2.40. The molecule has 3 N–H and O–H groups in total. The Morgan fingerprint density at radius 1 is 1.59 bits per heavy atom. The quantitative estimate of drug-likeness (QED) is 0.548. The molecule has 0 aliphatic carbocycles. The van der Waals surface area contributed by atoms with Crippen LogP contribution in [0.4, 0.5) is 5.82 Å². The van der Waals surface area contributed by atoms with Gasteiger partial charge in [0.25, 0.3) is 0 Å². The second-order valence-electron chi connectivity index (χ2n) is 3.16. The van der Waals surface area contributed by atoms with Crippen molar-refractivity contribution in [3.8, 4) is 11.8 Å². The van der Waals surface area contributed by atoms with Gasteiger partial charge in [0, 0.05) is 12.1 Å². The molecule has 0 atom stereocenters. The Morgan fingerprint density at radius 2 is 2.41 bits per heavy atom. The van der Waals surface area contributed by atoms with Gasteiger partial charge in [0.15, 0.2) is 0 Å². The SMILES string of the molecule is CCOC(=O)C#Cc1c[nH]c2ncnc(N)c12. The van der Waals surface area contributed by atoms with Gasteiger partial charge in [-0.15, -0.1) is 0 Å². The first-order chi connectivity index (χ1) is 8.22. The minimum absolute atomic E-state index is 0.298. The summed E-state index contributed by atoms with van der Waals surface area (Å²) in [6.45, 7) is 2.02. The lowest BCUT2D eigenvalue weighted by molar-refractivity contribution is -0.136. The van der Waals surface area contributed by atoms with Gasteiger partial charge in [-0.1, -0.05) is 5.92 Å². The number of aromatic nitrogens is 3. The van der Waals surface area contributed by atoms with Gasteiger partial charge in [0.1, 0.15) is 17.8 Å². The van der Waals surface area contributed by atoms with Crippen LogP contribution in [0.5, 0.6) is 0 Å². The molecule has 0 aliphatic heterocycles. The third-order valence-corrected chi connectivity index (χ3v) is 2.07.